The molecule has 1 heterocycles. The molecule has 29 heavy (non-hydrogen) atoms. The van der Waals surface area contributed by atoms with E-state index in [9.17, 15) is 22.4 Å². The maximum atomic E-state index is 14.8. The quantitative estimate of drug-likeness (QED) is 0.284. The van der Waals surface area contributed by atoms with Gasteiger partial charge in [-0.1, -0.05) is 19.1 Å². The van der Waals surface area contributed by atoms with Crippen molar-refractivity contribution >= 4 is 17.3 Å². The lowest BCUT2D eigenvalue weighted by Crippen LogP contribution is -2.05. The Kier molecular flexibility index (Phi) is 6.02. The van der Waals surface area contributed by atoms with E-state index in [0.717, 1.165) is 11.3 Å². The third-order valence-electron chi connectivity index (χ3n) is 4.32. The molecular weight excluding hydrogens is 406 g/mol. The Hall–Kier alpha value is -2.74. The number of rotatable bonds is 5. The number of carbonyl (C=O) groups excluding carboxylic acids is 1. The molecule has 0 bridgehead atoms. The third kappa shape index (κ3) is 3.76. The lowest BCUT2D eigenvalue weighted by atomic mass is 9.99. The van der Waals surface area contributed by atoms with E-state index < -0.39 is 40.4 Å². The fourth-order valence-corrected chi connectivity index (χ4v) is 3.94. The number of thiazole rings is 1. The predicted molar refractivity (Wildman–Crippen MR) is 103 cm³/mol. The number of nitrogens with zero attached hydrogens (tertiary/aromatic N) is 1. The van der Waals surface area contributed by atoms with E-state index in [1.807, 2.05) is 6.92 Å². The number of carbonyl (C=O) groups is 1. The van der Waals surface area contributed by atoms with Crippen LogP contribution in [-0.4, -0.2) is 17.6 Å². The van der Waals surface area contributed by atoms with Crippen LogP contribution in [0.15, 0.2) is 24.3 Å². The summed E-state index contributed by atoms with van der Waals surface area (Å²) in [5.41, 5.74) is -1.25. The summed E-state index contributed by atoms with van der Waals surface area (Å²) in [5, 5.41) is 0.607. The molecule has 0 atom stereocenters. The van der Waals surface area contributed by atoms with E-state index in [2.05, 4.69) is 4.98 Å². The second kappa shape index (κ2) is 8.32. The van der Waals surface area contributed by atoms with Crippen LogP contribution < -0.4 is 0 Å². The van der Waals surface area contributed by atoms with Crippen molar-refractivity contribution in [2.75, 3.05) is 6.61 Å². The Labute approximate surface area is 169 Å². The highest BCUT2D eigenvalue weighted by Crippen LogP contribution is 2.40. The summed E-state index contributed by atoms with van der Waals surface area (Å²) in [6, 6.07) is 4.96. The van der Waals surface area contributed by atoms with E-state index in [1.54, 1.807) is 6.92 Å². The van der Waals surface area contributed by atoms with Gasteiger partial charge in [0.1, 0.15) is 0 Å². The highest BCUT2D eigenvalue weighted by molar-refractivity contribution is 7.15. The molecule has 0 spiro atoms. The minimum Gasteiger partial charge on any atom is -0.462 e. The number of ether oxygens (including phenoxy) is 1. The molecule has 0 radical (unpaired) electrons. The zero-order chi connectivity index (χ0) is 21.3. The van der Waals surface area contributed by atoms with Gasteiger partial charge in [0, 0.05) is 0 Å². The number of aromatic nitrogens is 1. The van der Waals surface area contributed by atoms with Gasteiger partial charge in [-0.25, -0.2) is 27.3 Å². The van der Waals surface area contributed by atoms with Gasteiger partial charge in [-0.3, -0.25) is 0 Å². The molecular formula is C21H17F4NO2S. The largest absolute Gasteiger partial charge is 0.462 e. The van der Waals surface area contributed by atoms with Gasteiger partial charge in [-0.2, -0.15) is 0 Å². The van der Waals surface area contributed by atoms with E-state index in [4.69, 9.17) is 4.74 Å². The summed E-state index contributed by atoms with van der Waals surface area (Å²) in [4.78, 5) is 15.9. The summed E-state index contributed by atoms with van der Waals surface area (Å²) < 4.78 is 64.0. The van der Waals surface area contributed by atoms with E-state index in [-0.39, 0.29) is 22.6 Å². The van der Waals surface area contributed by atoms with Gasteiger partial charge < -0.3 is 4.74 Å². The van der Waals surface area contributed by atoms with Crippen molar-refractivity contribution in [3.05, 3.63) is 63.8 Å². The monoisotopic (exact) mass is 423 g/mol. The highest BCUT2D eigenvalue weighted by Gasteiger charge is 2.29. The number of hydrogen-bond acceptors (Lipinski definition) is 4. The van der Waals surface area contributed by atoms with Gasteiger partial charge in [-0.05, 0) is 38.0 Å². The van der Waals surface area contributed by atoms with E-state index in [0.29, 0.717) is 17.1 Å². The van der Waals surface area contributed by atoms with Gasteiger partial charge in [0.05, 0.1) is 38.9 Å². The average molecular weight is 423 g/mol. The minimum atomic E-state index is -1.51. The van der Waals surface area contributed by atoms with Crippen molar-refractivity contribution in [3.8, 4) is 21.6 Å². The molecule has 0 aliphatic rings. The summed E-state index contributed by atoms with van der Waals surface area (Å²) in [6.45, 7) is 5.15. The van der Waals surface area contributed by atoms with E-state index in [1.165, 1.54) is 31.2 Å². The zero-order valence-corrected chi connectivity index (χ0v) is 16.7. The van der Waals surface area contributed by atoms with Crippen molar-refractivity contribution in [1.82, 2.24) is 4.98 Å². The third-order valence-corrected chi connectivity index (χ3v) is 5.64. The lowest BCUT2D eigenvalue weighted by Gasteiger charge is -2.12. The molecule has 3 rings (SSSR count). The topological polar surface area (TPSA) is 39.2 Å². The molecule has 0 saturated carbocycles. The fraction of sp³-hybridized carbons (Fsp3) is 0.238. The summed E-state index contributed by atoms with van der Waals surface area (Å²) >= 11 is 0.994. The highest BCUT2D eigenvalue weighted by atomic mass is 32.1. The predicted octanol–water partition coefficient (Wildman–Crippen LogP) is 6.08. The Balaban J connectivity index is 2.13. The smallest absolute Gasteiger partial charge is 0.338 e. The first-order chi connectivity index (χ1) is 13.8. The van der Waals surface area contributed by atoms with Crippen LogP contribution in [0.2, 0.25) is 0 Å². The number of halogens is 4. The van der Waals surface area contributed by atoms with Crippen molar-refractivity contribution in [3.63, 3.8) is 0 Å². The van der Waals surface area contributed by atoms with Crippen LogP contribution in [0.25, 0.3) is 21.6 Å². The molecule has 1 aromatic heterocycles. The maximum absolute atomic E-state index is 14.8. The summed E-state index contributed by atoms with van der Waals surface area (Å²) in [7, 11) is 0. The molecule has 0 unspecified atom stereocenters. The van der Waals surface area contributed by atoms with Crippen LogP contribution in [-0.2, 0) is 11.2 Å². The van der Waals surface area contributed by atoms with Crippen LogP contribution in [0.3, 0.4) is 0 Å². The molecule has 0 aliphatic carbocycles. The van der Waals surface area contributed by atoms with Gasteiger partial charge in [0.15, 0.2) is 23.3 Å². The SMILES string of the molecule is CCOC(=O)c1ccc(-c2c(F)c(F)c(-c3sc(CC)nc3C)c(F)c2F)cc1. The first-order valence-corrected chi connectivity index (χ1v) is 9.71. The Bertz CT molecular complexity index is 1050. The Morgan fingerprint density at radius 3 is 2.00 bits per heavy atom. The normalized spacial score (nSPS) is 11.0. The van der Waals surface area contributed by atoms with Crippen molar-refractivity contribution in [2.45, 2.75) is 27.2 Å². The molecule has 3 nitrogen and oxygen atoms in total. The van der Waals surface area contributed by atoms with Crippen LogP contribution in [0.4, 0.5) is 17.6 Å². The minimum absolute atomic E-state index is 0.0545. The molecule has 0 aliphatic heterocycles. The molecule has 152 valence electrons. The lowest BCUT2D eigenvalue weighted by molar-refractivity contribution is 0.0526. The van der Waals surface area contributed by atoms with Gasteiger partial charge in [-0.15, -0.1) is 11.3 Å². The van der Waals surface area contributed by atoms with Crippen LogP contribution in [0.1, 0.15) is 34.9 Å². The van der Waals surface area contributed by atoms with E-state index >= 15 is 0 Å². The van der Waals surface area contributed by atoms with Crippen molar-refractivity contribution < 1.29 is 27.1 Å². The second-order valence-electron chi connectivity index (χ2n) is 6.18. The Morgan fingerprint density at radius 1 is 0.966 bits per heavy atom. The zero-order valence-electron chi connectivity index (χ0n) is 15.9. The molecule has 0 amide bonds. The van der Waals surface area contributed by atoms with Crippen LogP contribution in [0, 0.1) is 30.2 Å². The number of aryl methyl sites for hydroxylation is 2. The summed E-state index contributed by atoms with van der Waals surface area (Å²) in [5.74, 6) is -6.59. The first-order valence-electron chi connectivity index (χ1n) is 8.90. The first kappa shape index (κ1) is 21.0. The fourth-order valence-electron chi connectivity index (χ4n) is 2.91. The summed E-state index contributed by atoms with van der Waals surface area (Å²) in [6.07, 6.45) is 0.532. The van der Waals surface area contributed by atoms with Crippen molar-refractivity contribution in [2.24, 2.45) is 0 Å². The number of benzene rings is 2. The molecule has 3 aromatic rings. The van der Waals surface area contributed by atoms with Crippen LogP contribution >= 0.6 is 11.3 Å². The average Bonchev–Trinajstić information content (AvgIpc) is 3.08. The number of hydrogen-bond donors (Lipinski definition) is 0. The van der Waals surface area contributed by atoms with Gasteiger partial charge >= 0.3 is 5.97 Å². The standard InChI is InChI=1S/C21H17F4NO2S/c1-4-13-26-10(3)20(29-13)15-18(24)16(22)14(17(23)19(15)25)11-6-8-12(9-7-11)21(27)28-5-2/h6-9H,4-5H2,1-3H3. The Morgan fingerprint density at radius 2 is 1.52 bits per heavy atom. The number of esters is 1. The molecule has 8 heteroatoms. The molecule has 0 N–H and O–H groups in total. The van der Waals surface area contributed by atoms with Crippen molar-refractivity contribution in [1.29, 1.82) is 0 Å². The second-order valence-corrected chi connectivity index (χ2v) is 7.26. The molecule has 2 aromatic carbocycles. The maximum Gasteiger partial charge on any atom is 0.338 e. The van der Waals surface area contributed by atoms with Gasteiger partial charge in [0.2, 0.25) is 0 Å². The van der Waals surface area contributed by atoms with Gasteiger partial charge in [0.25, 0.3) is 0 Å². The molecule has 0 fully saturated rings. The van der Waals surface area contributed by atoms with Crippen LogP contribution in [0.5, 0.6) is 0 Å². The molecule has 0 saturated heterocycles.